The Balaban J connectivity index is 2.07. The molecule has 0 saturated carbocycles. The second-order valence-electron chi connectivity index (χ2n) is 3.19. The lowest BCUT2D eigenvalue weighted by molar-refractivity contribution is -0.141. The summed E-state index contributed by atoms with van der Waals surface area (Å²) in [5.41, 5.74) is -0.245. The number of rotatable bonds is 3. The zero-order chi connectivity index (χ0) is 12.3. The molecule has 0 fully saturated rings. The molecule has 0 saturated heterocycles. The Morgan fingerprint density at radius 3 is 2.82 bits per heavy atom. The lowest BCUT2D eigenvalue weighted by Crippen LogP contribution is -2.11. The van der Waals surface area contributed by atoms with Gasteiger partial charge in [-0.2, -0.15) is 13.2 Å². The van der Waals surface area contributed by atoms with Crippen LogP contribution in [0.25, 0.3) is 0 Å². The number of imidazole rings is 1. The molecule has 0 radical (unpaired) electrons. The van der Waals surface area contributed by atoms with Gasteiger partial charge in [-0.25, -0.2) is 15.0 Å². The van der Waals surface area contributed by atoms with E-state index in [0.29, 0.717) is 0 Å². The van der Waals surface area contributed by atoms with Gasteiger partial charge in [0.25, 0.3) is 0 Å². The standard InChI is InChI=1S/C9H8F3N5/c10-9(11,12)7-1-2-14-8(17-7)15-4-6-3-13-5-16-6/h1-3,5H,4H2,(H,13,16)(H,14,15,17). The van der Waals surface area contributed by atoms with Crippen molar-refractivity contribution in [2.45, 2.75) is 12.7 Å². The Bertz CT molecular complexity index is 480. The summed E-state index contributed by atoms with van der Waals surface area (Å²) in [6.45, 7) is 0.279. The minimum Gasteiger partial charge on any atom is -0.349 e. The number of nitrogens with one attached hydrogen (secondary N) is 2. The van der Waals surface area contributed by atoms with Gasteiger partial charge in [0, 0.05) is 12.4 Å². The Morgan fingerprint density at radius 1 is 1.35 bits per heavy atom. The van der Waals surface area contributed by atoms with Crippen molar-refractivity contribution in [1.29, 1.82) is 0 Å². The van der Waals surface area contributed by atoms with E-state index in [-0.39, 0.29) is 12.5 Å². The maximum atomic E-state index is 12.3. The lowest BCUT2D eigenvalue weighted by Gasteiger charge is -2.07. The second kappa shape index (κ2) is 4.40. The first-order chi connectivity index (χ1) is 8.05. The number of halogens is 3. The van der Waals surface area contributed by atoms with Gasteiger partial charge in [-0.15, -0.1) is 0 Å². The monoisotopic (exact) mass is 243 g/mol. The van der Waals surface area contributed by atoms with Gasteiger partial charge < -0.3 is 10.3 Å². The van der Waals surface area contributed by atoms with Crippen molar-refractivity contribution in [3.8, 4) is 0 Å². The number of aromatic nitrogens is 4. The molecule has 0 amide bonds. The molecule has 2 rings (SSSR count). The molecule has 0 bridgehead atoms. The summed E-state index contributed by atoms with van der Waals surface area (Å²) in [5.74, 6) is -0.0746. The Kier molecular flexibility index (Phi) is 2.94. The van der Waals surface area contributed by atoms with Crippen molar-refractivity contribution < 1.29 is 13.2 Å². The van der Waals surface area contributed by atoms with E-state index < -0.39 is 11.9 Å². The van der Waals surface area contributed by atoms with Crippen molar-refractivity contribution in [2.24, 2.45) is 0 Å². The molecule has 0 atom stereocenters. The molecule has 0 aliphatic carbocycles. The van der Waals surface area contributed by atoms with Gasteiger partial charge in [-0.3, -0.25) is 0 Å². The lowest BCUT2D eigenvalue weighted by atomic mass is 10.4. The highest BCUT2D eigenvalue weighted by Gasteiger charge is 2.32. The van der Waals surface area contributed by atoms with Crippen LogP contribution in [0.5, 0.6) is 0 Å². The number of hydrogen-bond donors (Lipinski definition) is 2. The first-order valence-electron chi connectivity index (χ1n) is 4.67. The minimum atomic E-state index is -4.46. The van der Waals surface area contributed by atoms with E-state index in [4.69, 9.17) is 0 Å². The second-order valence-corrected chi connectivity index (χ2v) is 3.19. The first-order valence-corrected chi connectivity index (χ1v) is 4.67. The van der Waals surface area contributed by atoms with Crippen LogP contribution in [0.2, 0.25) is 0 Å². The van der Waals surface area contributed by atoms with Gasteiger partial charge >= 0.3 is 6.18 Å². The van der Waals surface area contributed by atoms with Crippen LogP contribution in [-0.2, 0) is 12.7 Å². The fourth-order valence-corrected chi connectivity index (χ4v) is 1.16. The first kappa shape index (κ1) is 11.4. The van der Waals surface area contributed by atoms with Crippen LogP contribution in [0.3, 0.4) is 0 Å². The van der Waals surface area contributed by atoms with Crippen LogP contribution in [0, 0.1) is 0 Å². The molecule has 8 heteroatoms. The SMILES string of the molecule is FC(F)(F)c1ccnc(NCc2cnc[nH]2)n1. The molecule has 0 aromatic carbocycles. The predicted molar refractivity (Wildman–Crippen MR) is 52.9 cm³/mol. The molecular formula is C9H8F3N5. The zero-order valence-electron chi connectivity index (χ0n) is 8.49. The fourth-order valence-electron chi connectivity index (χ4n) is 1.16. The van der Waals surface area contributed by atoms with Crippen molar-refractivity contribution in [1.82, 2.24) is 19.9 Å². The van der Waals surface area contributed by atoms with Gasteiger partial charge in [0.15, 0.2) is 0 Å². The van der Waals surface area contributed by atoms with Crippen molar-refractivity contribution >= 4 is 5.95 Å². The third kappa shape index (κ3) is 2.92. The zero-order valence-corrected chi connectivity index (χ0v) is 8.49. The van der Waals surface area contributed by atoms with E-state index in [9.17, 15) is 13.2 Å². The number of H-pyrrole nitrogens is 1. The van der Waals surface area contributed by atoms with E-state index in [1.807, 2.05) is 0 Å². The molecule has 5 nitrogen and oxygen atoms in total. The summed E-state index contributed by atoms with van der Waals surface area (Å²) in [6.07, 6.45) is -0.372. The number of hydrogen-bond acceptors (Lipinski definition) is 4. The molecule has 0 aliphatic rings. The van der Waals surface area contributed by atoms with Crippen molar-refractivity contribution in [2.75, 3.05) is 5.32 Å². The number of alkyl halides is 3. The normalized spacial score (nSPS) is 11.5. The van der Waals surface area contributed by atoms with Crippen LogP contribution in [0.1, 0.15) is 11.4 Å². The molecular weight excluding hydrogens is 235 g/mol. The van der Waals surface area contributed by atoms with Crippen LogP contribution in [0.4, 0.5) is 19.1 Å². The summed E-state index contributed by atoms with van der Waals surface area (Å²) in [6, 6.07) is 0.821. The van der Waals surface area contributed by atoms with Crippen LogP contribution >= 0.6 is 0 Å². The van der Waals surface area contributed by atoms with E-state index >= 15 is 0 Å². The highest BCUT2D eigenvalue weighted by Crippen LogP contribution is 2.27. The molecule has 90 valence electrons. The average molecular weight is 243 g/mol. The topological polar surface area (TPSA) is 66.5 Å². The van der Waals surface area contributed by atoms with Gasteiger partial charge in [-0.05, 0) is 6.07 Å². The Labute approximate surface area is 94.1 Å². The van der Waals surface area contributed by atoms with Gasteiger partial charge in [0.2, 0.25) is 5.95 Å². The molecule has 0 aliphatic heterocycles. The van der Waals surface area contributed by atoms with Gasteiger partial charge in [0.1, 0.15) is 5.69 Å². The summed E-state index contributed by atoms with van der Waals surface area (Å²) in [7, 11) is 0. The highest BCUT2D eigenvalue weighted by atomic mass is 19.4. The molecule has 0 unspecified atom stereocenters. The van der Waals surface area contributed by atoms with Crippen LogP contribution in [-0.4, -0.2) is 19.9 Å². The fraction of sp³-hybridized carbons (Fsp3) is 0.222. The van der Waals surface area contributed by atoms with Crippen molar-refractivity contribution in [3.63, 3.8) is 0 Å². The molecule has 0 spiro atoms. The predicted octanol–water partition coefficient (Wildman–Crippen LogP) is 1.83. The third-order valence-corrected chi connectivity index (χ3v) is 1.94. The molecule has 2 aromatic heterocycles. The quantitative estimate of drug-likeness (QED) is 0.863. The van der Waals surface area contributed by atoms with Crippen LogP contribution < -0.4 is 5.32 Å². The van der Waals surface area contributed by atoms with E-state index in [1.54, 1.807) is 6.20 Å². The smallest absolute Gasteiger partial charge is 0.349 e. The minimum absolute atomic E-state index is 0.0746. The molecule has 2 heterocycles. The summed E-state index contributed by atoms with van der Waals surface area (Å²) in [5, 5.41) is 2.67. The van der Waals surface area contributed by atoms with Crippen molar-refractivity contribution in [3.05, 3.63) is 36.2 Å². The Hall–Kier alpha value is -2.12. The maximum absolute atomic E-state index is 12.3. The summed E-state index contributed by atoms with van der Waals surface area (Å²) in [4.78, 5) is 13.6. The van der Waals surface area contributed by atoms with Gasteiger partial charge in [0.05, 0.1) is 18.6 Å². The number of nitrogens with zero attached hydrogens (tertiary/aromatic N) is 3. The number of aromatic amines is 1. The maximum Gasteiger partial charge on any atom is 0.433 e. The number of anilines is 1. The van der Waals surface area contributed by atoms with Gasteiger partial charge in [-0.1, -0.05) is 0 Å². The third-order valence-electron chi connectivity index (χ3n) is 1.94. The van der Waals surface area contributed by atoms with E-state index in [2.05, 4.69) is 25.3 Å². The molecule has 2 aromatic rings. The van der Waals surface area contributed by atoms with E-state index in [1.165, 1.54) is 6.33 Å². The van der Waals surface area contributed by atoms with Crippen LogP contribution in [0.15, 0.2) is 24.8 Å². The summed E-state index contributed by atoms with van der Waals surface area (Å²) >= 11 is 0. The highest BCUT2D eigenvalue weighted by molar-refractivity contribution is 5.26. The van der Waals surface area contributed by atoms with E-state index in [0.717, 1.165) is 18.0 Å². The molecule has 17 heavy (non-hydrogen) atoms. The largest absolute Gasteiger partial charge is 0.433 e. The summed E-state index contributed by atoms with van der Waals surface area (Å²) < 4.78 is 37.0. The molecule has 2 N–H and O–H groups in total. The Morgan fingerprint density at radius 2 is 2.18 bits per heavy atom. The average Bonchev–Trinajstić information content (AvgIpc) is 2.78.